The minimum Gasteiger partial charge on any atom is -0.353 e. The summed E-state index contributed by atoms with van der Waals surface area (Å²) >= 11 is 5.56. The Hall–Kier alpha value is -1.36. The third-order valence-electron chi connectivity index (χ3n) is 2.85. The second-order valence-corrected chi connectivity index (χ2v) is 4.20. The molecule has 2 rings (SSSR count). The van der Waals surface area contributed by atoms with Crippen molar-refractivity contribution in [3.05, 3.63) is 18.3 Å². The zero-order chi connectivity index (χ0) is 12.1. The Kier molecular flexibility index (Phi) is 4.14. The lowest BCUT2D eigenvalue weighted by atomic mass is 10.3. The fourth-order valence-corrected chi connectivity index (χ4v) is 2.11. The predicted molar refractivity (Wildman–Crippen MR) is 66.2 cm³/mol. The molecule has 0 bridgehead atoms. The van der Waals surface area contributed by atoms with Crippen molar-refractivity contribution in [3.8, 4) is 0 Å². The first-order valence-electron chi connectivity index (χ1n) is 5.67. The highest BCUT2D eigenvalue weighted by atomic mass is 35.5. The van der Waals surface area contributed by atoms with Crippen molar-refractivity contribution < 1.29 is 4.79 Å². The summed E-state index contributed by atoms with van der Waals surface area (Å²) in [6, 6.07) is 3.81. The molecule has 0 saturated carbocycles. The second kappa shape index (κ2) is 5.82. The predicted octanol–water partition coefficient (Wildman–Crippen LogP) is 0.754. The number of carbonyl (C=O) groups excluding carboxylic acids is 1. The van der Waals surface area contributed by atoms with Gasteiger partial charge in [-0.15, -0.1) is 16.7 Å². The van der Waals surface area contributed by atoms with Gasteiger partial charge < -0.3 is 9.80 Å². The van der Waals surface area contributed by atoms with E-state index in [0.29, 0.717) is 6.54 Å². The maximum absolute atomic E-state index is 11.5. The van der Waals surface area contributed by atoms with E-state index in [1.54, 1.807) is 6.20 Å². The quantitative estimate of drug-likeness (QED) is 0.731. The molecule has 2 heterocycles. The highest BCUT2D eigenvalue weighted by Crippen LogP contribution is 2.12. The number of anilines is 1. The lowest BCUT2D eigenvalue weighted by Gasteiger charge is -2.21. The van der Waals surface area contributed by atoms with Gasteiger partial charge in [0.1, 0.15) is 5.88 Å². The second-order valence-electron chi connectivity index (χ2n) is 3.94. The van der Waals surface area contributed by atoms with Gasteiger partial charge in [0.15, 0.2) is 5.82 Å². The fraction of sp³-hybridized carbons (Fsp3) is 0.545. The molecule has 1 amide bonds. The molecule has 1 aromatic rings. The van der Waals surface area contributed by atoms with Gasteiger partial charge in [0.05, 0.1) is 0 Å². The van der Waals surface area contributed by atoms with Gasteiger partial charge in [-0.1, -0.05) is 0 Å². The molecular weight excluding hydrogens is 240 g/mol. The molecule has 1 aliphatic rings. The summed E-state index contributed by atoms with van der Waals surface area (Å²) in [6.45, 7) is 3.14. The number of nitrogens with zero attached hydrogens (tertiary/aromatic N) is 4. The van der Waals surface area contributed by atoms with Gasteiger partial charge in [0, 0.05) is 32.4 Å². The molecule has 0 atom stereocenters. The van der Waals surface area contributed by atoms with E-state index in [9.17, 15) is 4.79 Å². The number of amides is 1. The minimum atomic E-state index is 0.00709. The molecule has 0 aliphatic carbocycles. The number of halogens is 1. The Balaban J connectivity index is 1.99. The maximum Gasteiger partial charge on any atom is 0.237 e. The molecule has 1 aromatic heterocycles. The van der Waals surface area contributed by atoms with Gasteiger partial charge in [-0.3, -0.25) is 4.79 Å². The summed E-state index contributed by atoms with van der Waals surface area (Å²) in [5.41, 5.74) is 0. The van der Waals surface area contributed by atoms with Crippen LogP contribution in [0.1, 0.15) is 6.42 Å². The molecule has 0 aromatic carbocycles. The summed E-state index contributed by atoms with van der Waals surface area (Å²) in [5, 5.41) is 7.95. The summed E-state index contributed by atoms with van der Waals surface area (Å²) in [5.74, 6) is 0.936. The van der Waals surface area contributed by atoms with Crippen LogP contribution in [0, 0.1) is 0 Å². The van der Waals surface area contributed by atoms with Crippen molar-refractivity contribution in [2.45, 2.75) is 6.42 Å². The van der Waals surface area contributed by atoms with Crippen LogP contribution in [0.2, 0.25) is 0 Å². The van der Waals surface area contributed by atoms with Crippen molar-refractivity contribution in [1.29, 1.82) is 0 Å². The van der Waals surface area contributed by atoms with Crippen LogP contribution in [0.5, 0.6) is 0 Å². The molecule has 0 radical (unpaired) electrons. The largest absolute Gasteiger partial charge is 0.353 e. The van der Waals surface area contributed by atoms with E-state index in [1.165, 1.54) is 0 Å². The van der Waals surface area contributed by atoms with E-state index >= 15 is 0 Å². The lowest BCUT2D eigenvalue weighted by Crippen LogP contribution is -2.36. The van der Waals surface area contributed by atoms with E-state index in [0.717, 1.165) is 31.9 Å². The molecular formula is C11H15ClN4O. The lowest BCUT2D eigenvalue weighted by molar-refractivity contribution is -0.128. The first kappa shape index (κ1) is 12.1. The normalized spacial score (nSPS) is 16.8. The third-order valence-corrected chi connectivity index (χ3v) is 3.07. The summed E-state index contributed by atoms with van der Waals surface area (Å²) < 4.78 is 0. The Morgan fingerprint density at radius 3 is 2.94 bits per heavy atom. The molecule has 0 unspecified atom stereocenters. The standard InChI is InChI=1S/C11H15ClN4O/c12-9-11(17)16-6-2-5-15(7-8-16)10-3-1-4-13-14-10/h1,3-4H,2,5-9H2. The van der Waals surface area contributed by atoms with Crippen LogP contribution in [0.3, 0.4) is 0 Å². The molecule has 1 fully saturated rings. The summed E-state index contributed by atoms with van der Waals surface area (Å²) in [7, 11) is 0. The van der Waals surface area contributed by atoms with Gasteiger partial charge in [0.25, 0.3) is 0 Å². The number of rotatable bonds is 2. The van der Waals surface area contributed by atoms with Gasteiger partial charge in [0.2, 0.25) is 5.91 Å². The number of hydrogen-bond donors (Lipinski definition) is 0. The van der Waals surface area contributed by atoms with E-state index in [1.807, 2.05) is 17.0 Å². The minimum absolute atomic E-state index is 0.00709. The monoisotopic (exact) mass is 254 g/mol. The van der Waals surface area contributed by atoms with E-state index in [2.05, 4.69) is 15.1 Å². The Bertz CT molecular complexity index is 373. The maximum atomic E-state index is 11.5. The molecule has 5 nitrogen and oxygen atoms in total. The van der Waals surface area contributed by atoms with Crippen molar-refractivity contribution in [2.75, 3.05) is 37.0 Å². The van der Waals surface area contributed by atoms with Gasteiger partial charge >= 0.3 is 0 Å². The highest BCUT2D eigenvalue weighted by Gasteiger charge is 2.18. The van der Waals surface area contributed by atoms with Crippen molar-refractivity contribution in [3.63, 3.8) is 0 Å². The van der Waals surface area contributed by atoms with Gasteiger partial charge in [-0.2, -0.15) is 5.10 Å². The average molecular weight is 255 g/mol. The molecule has 1 saturated heterocycles. The van der Waals surface area contributed by atoms with Crippen molar-refractivity contribution >= 4 is 23.3 Å². The summed E-state index contributed by atoms with van der Waals surface area (Å²) in [6.07, 6.45) is 2.59. The molecule has 17 heavy (non-hydrogen) atoms. The Labute approximate surface area is 105 Å². The van der Waals surface area contributed by atoms with E-state index in [4.69, 9.17) is 11.6 Å². The smallest absolute Gasteiger partial charge is 0.237 e. The van der Waals surface area contributed by atoms with Crippen LogP contribution < -0.4 is 4.90 Å². The van der Waals surface area contributed by atoms with Crippen LogP contribution in [0.15, 0.2) is 18.3 Å². The van der Waals surface area contributed by atoms with E-state index in [-0.39, 0.29) is 11.8 Å². The van der Waals surface area contributed by atoms with Crippen molar-refractivity contribution in [2.24, 2.45) is 0 Å². The number of aromatic nitrogens is 2. The van der Waals surface area contributed by atoms with Crippen LogP contribution >= 0.6 is 11.6 Å². The SMILES string of the molecule is O=C(CCl)N1CCCN(c2cccnn2)CC1. The molecule has 0 N–H and O–H groups in total. The number of hydrogen-bond acceptors (Lipinski definition) is 4. The zero-order valence-corrected chi connectivity index (χ0v) is 10.3. The van der Waals surface area contributed by atoms with Gasteiger partial charge in [-0.25, -0.2) is 0 Å². The first-order chi connectivity index (χ1) is 8.31. The van der Waals surface area contributed by atoms with E-state index < -0.39 is 0 Å². The molecule has 92 valence electrons. The zero-order valence-electron chi connectivity index (χ0n) is 9.55. The van der Waals surface area contributed by atoms with Crippen LogP contribution in [-0.4, -0.2) is 53.1 Å². The number of carbonyl (C=O) groups is 1. The highest BCUT2D eigenvalue weighted by molar-refractivity contribution is 6.27. The molecule has 0 spiro atoms. The van der Waals surface area contributed by atoms with Gasteiger partial charge in [-0.05, 0) is 18.6 Å². The average Bonchev–Trinajstić information content (AvgIpc) is 2.64. The molecule has 1 aliphatic heterocycles. The van der Waals surface area contributed by atoms with Crippen LogP contribution in [-0.2, 0) is 4.79 Å². The number of alkyl halides is 1. The third kappa shape index (κ3) is 3.06. The summed E-state index contributed by atoms with van der Waals surface area (Å²) in [4.78, 5) is 15.5. The first-order valence-corrected chi connectivity index (χ1v) is 6.21. The fourth-order valence-electron chi connectivity index (χ4n) is 1.94. The topological polar surface area (TPSA) is 49.3 Å². The Morgan fingerprint density at radius 2 is 2.24 bits per heavy atom. The van der Waals surface area contributed by atoms with Crippen LogP contribution in [0.25, 0.3) is 0 Å². The van der Waals surface area contributed by atoms with Crippen molar-refractivity contribution in [1.82, 2.24) is 15.1 Å². The Morgan fingerprint density at radius 1 is 1.35 bits per heavy atom. The van der Waals surface area contributed by atoms with Crippen LogP contribution in [0.4, 0.5) is 5.82 Å². The molecule has 6 heteroatoms.